The third-order valence-electron chi connectivity index (χ3n) is 4.60. The molecule has 0 aliphatic carbocycles. The van der Waals surface area contributed by atoms with Crippen molar-refractivity contribution in [3.63, 3.8) is 0 Å². The second-order valence-corrected chi connectivity index (χ2v) is 6.85. The molecule has 0 radical (unpaired) electrons. The van der Waals surface area contributed by atoms with Crippen LogP contribution in [0.5, 0.6) is 5.75 Å². The van der Waals surface area contributed by atoms with Crippen LogP contribution in [0.3, 0.4) is 0 Å². The minimum atomic E-state index is -2.93. The maximum atomic E-state index is 12.4. The molecule has 0 saturated carbocycles. The fraction of sp³-hybridized carbons (Fsp3) is 0.421. The van der Waals surface area contributed by atoms with E-state index in [4.69, 9.17) is 0 Å². The molecule has 2 N–H and O–H groups in total. The molecule has 2 heterocycles. The highest BCUT2D eigenvalue weighted by Gasteiger charge is 2.19. The van der Waals surface area contributed by atoms with Gasteiger partial charge in [-0.1, -0.05) is 6.07 Å². The fourth-order valence-electron chi connectivity index (χ4n) is 3.05. The summed E-state index contributed by atoms with van der Waals surface area (Å²) in [5.41, 5.74) is 2.14. The van der Waals surface area contributed by atoms with E-state index in [2.05, 4.69) is 42.2 Å². The number of hydrogen-bond acceptors (Lipinski definition) is 6. The number of halogens is 2. The molecule has 1 fully saturated rings. The lowest BCUT2D eigenvalue weighted by Gasteiger charge is -2.32. The largest absolute Gasteiger partial charge is 0.435 e. The Kier molecular flexibility index (Phi) is 6.42. The number of ether oxygens (including phenoxy) is 1. The second-order valence-electron chi connectivity index (χ2n) is 6.85. The van der Waals surface area contributed by atoms with Gasteiger partial charge in [0.05, 0.1) is 17.1 Å². The molecule has 3 rings (SSSR count). The Balaban J connectivity index is 1.67. The standard InChI is InChI=1S/C19H24F2N6O2/c1-12-16(13(2)23-18(22-12)27-9-7-26(3)8-10-27)25-19(28)24-14-5-4-6-15(11-14)29-17(20)21/h4-6,11,17H,7-10H2,1-3H3,(H2,24,25,28). The molecule has 2 aromatic rings. The summed E-state index contributed by atoms with van der Waals surface area (Å²) in [7, 11) is 2.08. The number of amides is 2. The first-order valence-electron chi connectivity index (χ1n) is 9.23. The number of piperazine rings is 1. The zero-order valence-electron chi connectivity index (χ0n) is 16.6. The smallest absolute Gasteiger partial charge is 0.387 e. The van der Waals surface area contributed by atoms with E-state index in [1.54, 1.807) is 19.9 Å². The third kappa shape index (κ3) is 5.50. The first kappa shape index (κ1) is 20.7. The normalized spacial score (nSPS) is 14.8. The van der Waals surface area contributed by atoms with Crippen LogP contribution in [0.15, 0.2) is 24.3 Å². The van der Waals surface area contributed by atoms with Gasteiger partial charge in [-0.2, -0.15) is 8.78 Å². The van der Waals surface area contributed by atoms with Crippen LogP contribution in [0.2, 0.25) is 0 Å². The van der Waals surface area contributed by atoms with Crippen molar-refractivity contribution in [3.8, 4) is 5.75 Å². The van der Waals surface area contributed by atoms with Crippen LogP contribution >= 0.6 is 0 Å². The molecule has 8 nitrogen and oxygen atoms in total. The van der Waals surface area contributed by atoms with Crippen molar-refractivity contribution in [2.24, 2.45) is 0 Å². The first-order valence-corrected chi connectivity index (χ1v) is 9.23. The van der Waals surface area contributed by atoms with E-state index in [1.165, 1.54) is 18.2 Å². The first-order chi connectivity index (χ1) is 13.8. The number of urea groups is 1. The molecule has 1 aromatic heterocycles. The van der Waals surface area contributed by atoms with Crippen LogP contribution in [0.25, 0.3) is 0 Å². The molecule has 1 aromatic carbocycles. The molecule has 1 aliphatic heterocycles. The molecular weight excluding hydrogens is 382 g/mol. The van der Waals surface area contributed by atoms with E-state index in [0.717, 1.165) is 26.2 Å². The number of carbonyl (C=O) groups excluding carboxylic acids is 1. The van der Waals surface area contributed by atoms with Gasteiger partial charge in [0.25, 0.3) is 0 Å². The van der Waals surface area contributed by atoms with Crippen LogP contribution in [0.1, 0.15) is 11.4 Å². The maximum absolute atomic E-state index is 12.4. The summed E-state index contributed by atoms with van der Waals surface area (Å²) in [6.07, 6.45) is 0. The van der Waals surface area contributed by atoms with E-state index in [-0.39, 0.29) is 5.75 Å². The molecule has 0 spiro atoms. The van der Waals surface area contributed by atoms with Gasteiger partial charge in [-0.15, -0.1) is 0 Å². The average molecular weight is 406 g/mol. The lowest BCUT2D eigenvalue weighted by Crippen LogP contribution is -2.45. The Morgan fingerprint density at radius 3 is 2.38 bits per heavy atom. The summed E-state index contributed by atoms with van der Waals surface area (Å²) in [6.45, 7) is 4.26. The number of nitrogens with one attached hydrogen (secondary N) is 2. The number of benzene rings is 1. The van der Waals surface area contributed by atoms with Gasteiger partial charge in [-0.3, -0.25) is 0 Å². The summed E-state index contributed by atoms with van der Waals surface area (Å²) in [5, 5.41) is 5.33. The van der Waals surface area contributed by atoms with Crippen molar-refractivity contribution in [1.82, 2.24) is 14.9 Å². The van der Waals surface area contributed by atoms with E-state index in [0.29, 0.717) is 28.7 Å². The number of rotatable bonds is 5. The van der Waals surface area contributed by atoms with E-state index < -0.39 is 12.6 Å². The summed E-state index contributed by atoms with van der Waals surface area (Å²) in [4.78, 5) is 25.8. The van der Waals surface area contributed by atoms with Crippen molar-refractivity contribution in [2.45, 2.75) is 20.5 Å². The molecule has 2 amide bonds. The highest BCUT2D eigenvalue weighted by Crippen LogP contribution is 2.23. The quantitative estimate of drug-likeness (QED) is 0.794. The van der Waals surface area contributed by atoms with E-state index >= 15 is 0 Å². The zero-order valence-corrected chi connectivity index (χ0v) is 16.6. The third-order valence-corrected chi connectivity index (χ3v) is 4.60. The van der Waals surface area contributed by atoms with Crippen LogP contribution in [0.4, 0.5) is 30.9 Å². The minimum absolute atomic E-state index is 0.0370. The highest BCUT2D eigenvalue weighted by molar-refractivity contribution is 6.00. The number of hydrogen-bond donors (Lipinski definition) is 2. The molecule has 0 unspecified atom stereocenters. The van der Waals surface area contributed by atoms with Gasteiger partial charge in [0.1, 0.15) is 5.75 Å². The Labute approximate surface area is 167 Å². The number of aromatic nitrogens is 2. The maximum Gasteiger partial charge on any atom is 0.387 e. The SMILES string of the molecule is Cc1nc(N2CCN(C)CC2)nc(C)c1NC(=O)Nc1cccc(OC(F)F)c1. The Morgan fingerprint density at radius 1 is 1.10 bits per heavy atom. The molecule has 1 saturated heterocycles. The summed E-state index contributed by atoms with van der Waals surface area (Å²) in [5.74, 6) is 0.612. The fourth-order valence-corrected chi connectivity index (χ4v) is 3.05. The lowest BCUT2D eigenvalue weighted by molar-refractivity contribution is -0.0497. The molecule has 1 aliphatic rings. The number of anilines is 3. The average Bonchev–Trinajstić information content (AvgIpc) is 2.65. The topological polar surface area (TPSA) is 82.6 Å². The number of carbonyl (C=O) groups is 1. The Morgan fingerprint density at radius 2 is 1.76 bits per heavy atom. The molecule has 0 atom stereocenters. The van der Waals surface area contributed by atoms with Gasteiger partial charge in [0.2, 0.25) is 5.95 Å². The molecular formula is C19H24F2N6O2. The van der Waals surface area contributed by atoms with Gasteiger partial charge in [-0.25, -0.2) is 14.8 Å². The monoisotopic (exact) mass is 406 g/mol. The Bertz CT molecular complexity index is 849. The van der Waals surface area contributed by atoms with Crippen molar-refractivity contribution in [2.75, 3.05) is 48.8 Å². The van der Waals surface area contributed by atoms with Crippen LogP contribution in [0, 0.1) is 13.8 Å². The Hall–Kier alpha value is -3.01. The van der Waals surface area contributed by atoms with Crippen molar-refractivity contribution < 1.29 is 18.3 Å². The van der Waals surface area contributed by atoms with E-state index in [1.807, 2.05) is 0 Å². The van der Waals surface area contributed by atoms with Gasteiger partial charge < -0.3 is 25.2 Å². The van der Waals surface area contributed by atoms with Gasteiger partial charge in [0.15, 0.2) is 0 Å². The number of nitrogens with zero attached hydrogens (tertiary/aromatic N) is 4. The number of aryl methyl sites for hydroxylation is 2. The highest BCUT2D eigenvalue weighted by atomic mass is 19.3. The summed E-state index contributed by atoms with van der Waals surface area (Å²) < 4.78 is 29.0. The van der Waals surface area contributed by atoms with E-state index in [9.17, 15) is 13.6 Å². The predicted octanol–water partition coefficient (Wildman–Crippen LogP) is 3.09. The van der Waals surface area contributed by atoms with Crippen molar-refractivity contribution in [3.05, 3.63) is 35.7 Å². The second kappa shape index (κ2) is 8.99. The molecule has 10 heteroatoms. The minimum Gasteiger partial charge on any atom is -0.435 e. The predicted molar refractivity (Wildman–Crippen MR) is 107 cm³/mol. The molecule has 0 bridgehead atoms. The summed E-state index contributed by atoms with van der Waals surface area (Å²) >= 11 is 0. The number of alkyl halides is 2. The van der Waals surface area contributed by atoms with Crippen molar-refractivity contribution >= 4 is 23.4 Å². The van der Waals surface area contributed by atoms with Crippen LogP contribution < -0.4 is 20.3 Å². The van der Waals surface area contributed by atoms with Crippen LogP contribution in [-0.2, 0) is 0 Å². The van der Waals surface area contributed by atoms with Gasteiger partial charge >= 0.3 is 12.6 Å². The summed E-state index contributed by atoms with van der Waals surface area (Å²) in [6, 6.07) is 5.26. The molecule has 156 valence electrons. The van der Waals surface area contributed by atoms with Gasteiger partial charge in [-0.05, 0) is 33.0 Å². The zero-order chi connectivity index (χ0) is 21.0. The number of likely N-dealkylation sites (N-methyl/N-ethyl adjacent to an activating group) is 1. The van der Waals surface area contributed by atoms with Gasteiger partial charge in [0, 0.05) is 37.9 Å². The van der Waals surface area contributed by atoms with Crippen LogP contribution in [-0.4, -0.2) is 60.7 Å². The molecule has 29 heavy (non-hydrogen) atoms. The van der Waals surface area contributed by atoms with Crippen molar-refractivity contribution in [1.29, 1.82) is 0 Å². The lowest BCUT2D eigenvalue weighted by atomic mass is 10.2.